The smallest absolute Gasteiger partial charge is 0.321 e. The van der Waals surface area contributed by atoms with Crippen molar-refractivity contribution in [3.63, 3.8) is 0 Å². The zero-order valence-electron chi connectivity index (χ0n) is 10.3. The van der Waals surface area contributed by atoms with Crippen LogP contribution < -0.4 is 10.6 Å². The van der Waals surface area contributed by atoms with Crippen molar-refractivity contribution in [2.24, 2.45) is 5.92 Å². The van der Waals surface area contributed by atoms with Crippen molar-refractivity contribution in [3.8, 4) is 0 Å². The Morgan fingerprint density at radius 3 is 2.44 bits per heavy atom. The minimum Gasteiger partial charge on any atom is -0.481 e. The summed E-state index contributed by atoms with van der Waals surface area (Å²) < 4.78 is 0. The molecule has 0 saturated carbocycles. The summed E-state index contributed by atoms with van der Waals surface area (Å²) in [5.41, 5.74) is 0. The van der Waals surface area contributed by atoms with E-state index in [1.54, 1.807) is 6.92 Å². The van der Waals surface area contributed by atoms with Gasteiger partial charge in [0.25, 0.3) is 0 Å². The Morgan fingerprint density at radius 2 is 1.89 bits per heavy atom. The third-order valence-corrected chi connectivity index (χ3v) is 2.65. The average molecular weight is 254 g/mol. The standard InChI is InChI=1S/C12H18N2O4/c1-8(7-11(16)17)6-10(15)14-12(18)13-9-4-2-3-5-9/h2-3,8-9H,4-7H2,1H3,(H,16,17)(H2,13,14,15,18). The van der Waals surface area contributed by atoms with E-state index < -0.39 is 17.9 Å². The Morgan fingerprint density at radius 1 is 1.28 bits per heavy atom. The number of aliphatic carboxylic acids is 1. The van der Waals surface area contributed by atoms with Gasteiger partial charge in [0.2, 0.25) is 5.91 Å². The maximum atomic E-state index is 11.4. The van der Waals surface area contributed by atoms with E-state index >= 15 is 0 Å². The first kappa shape index (κ1) is 14.2. The van der Waals surface area contributed by atoms with E-state index in [0.717, 1.165) is 12.8 Å². The van der Waals surface area contributed by atoms with Crippen LogP contribution in [0.15, 0.2) is 12.2 Å². The fourth-order valence-electron chi connectivity index (χ4n) is 1.82. The van der Waals surface area contributed by atoms with Crippen LogP contribution in [0.1, 0.15) is 32.6 Å². The molecule has 1 aliphatic rings. The molecular weight excluding hydrogens is 236 g/mol. The second-order valence-electron chi connectivity index (χ2n) is 4.57. The van der Waals surface area contributed by atoms with E-state index in [9.17, 15) is 14.4 Å². The Kier molecular flexibility index (Phi) is 5.35. The first-order valence-corrected chi connectivity index (χ1v) is 5.94. The molecule has 6 nitrogen and oxygen atoms in total. The number of carbonyl (C=O) groups is 3. The molecule has 0 heterocycles. The number of nitrogens with one attached hydrogen (secondary N) is 2. The highest BCUT2D eigenvalue weighted by molar-refractivity contribution is 5.94. The number of urea groups is 1. The second-order valence-corrected chi connectivity index (χ2v) is 4.57. The van der Waals surface area contributed by atoms with Crippen LogP contribution in [0, 0.1) is 5.92 Å². The van der Waals surface area contributed by atoms with E-state index in [1.807, 2.05) is 12.2 Å². The molecule has 0 aromatic carbocycles. The maximum absolute atomic E-state index is 11.4. The topological polar surface area (TPSA) is 95.5 Å². The molecule has 100 valence electrons. The molecule has 1 aliphatic carbocycles. The van der Waals surface area contributed by atoms with Crippen molar-refractivity contribution in [2.75, 3.05) is 0 Å². The molecule has 0 saturated heterocycles. The number of rotatable bonds is 5. The van der Waals surface area contributed by atoms with Crippen LogP contribution in [0.2, 0.25) is 0 Å². The van der Waals surface area contributed by atoms with Gasteiger partial charge in [-0.3, -0.25) is 14.9 Å². The first-order chi connectivity index (χ1) is 8.47. The summed E-state index contributed by atoms with van der Waals surface area (Å²) >= 11 is 0. The summed E-state index contributed by atoms with van der Waals surface area (Å²) in [5, 5.41) is 13.4. The van der Waals surface area contributed by atoms with Gasteiger partial charge in [-0.05, 0) is 18.8 Å². The number of amides is 3. The minimum absolute atomic E-state index is 0.0304. The Bertz CT molecular complexity index is 357. The van der Waals surface area contributed by atoms with Crippen molar-refractivity contribution < 1.29 is 19.5 Å². The quantitative estimate of drug-likeness (QED) is 0.638. The number of imide groups is 1. The zero-order chi connectivity index (χ0) is 13.5. The number of carboxylic acids is 1. The van der Waals surface area contributed by atoms with Crippen molar-refractivity contribution in [1.29, 1.82) is 0 Å². The maximum Gasteiger partial charge on any atom is 0.321 e. The lowest BCUT2D eigenvalue weighted by Crippen LogP contribution is -2.44. The molecule has 0 aromatic rings. The summed E-state index contributed by atoms with van der Waals surface area (Å²) in [6.45, 7) is 1.66. The van der Waals surface area contributed by atoms with E-state index in [4.69, 9.17) is 5.11 Å². The number of carbonyl (C=O) groups excluding carboxylic acids is 2. The van der Waals surface area contributed by atoms with Gasteiger partial charge in [0, 0.05) is 18.9 Å². The van der Waals surface area contributed by atoms with Crippen LogP contribution in [0.4, 0.5) is 4.79 Å². The third-order valence-electron chi connectivity index (χ3n) is 2.65. The van der Waals surface area contributed by atoms with E-state index in [1.165, 1.54) is 0 Å². The fourth-order valence-corrected chi connectivity index (χ4v) is 1.82. The predicted octanol–water partition coefficient (Wildman–Crippen LogP) is 1.03. The van der Waals surface area contributed by atoms with Crippen LogP contribution in [0.5, 0.6) is 0 Å². The Labute approximate surface area is 105 Å². The minimum atomic E-state index is -0.947. The molecule has 0 radical (unpaired) electrons. The lowest BCUT2D eigenvalue weighted by Gasteiger charge is -2.13. The molecule has 6 heteroatoms. The molecule has 0 aliphatic heterocycles. The molecule has 0 aromatic heterocycles. The van der Waals surface area contributed by atoms with Gasteiger partial charge in [-0.1, -0.05) is 19.1 Å². The van der Waals surface area contributed by atoms with Gasteiger partial charge in [-0.15, -0.1) is 0 Å². The van der Waals surface area contributed by atoms with E-state index in [0.29, 0.717) is 0 Å². The summed E-state index contributed by atoms with van der Waals surface area (Å²) in [4.78, 5) is 33.3. The highest BCUT2D eigenvalue weighted by Gasteiger charge is 2.17. The molecule has 3 N–H and O–H groups in total. The van der Waals surface area contributed by atoms with E-state index in [2.05, 4.69) is 10.6 Å². The molecule has 0 spiro atoms. The average Bonchev–Trinajstić information content (AvgIpc) is 2.67. The van der Waals surface area contributed by atoms with Crippen molar-refractivity contribution in [3.05, 3.63) is 12.2 Å². The van der Waals surface area contributed by atoms with E-state index in [-0.39, 0.29) is 24.8 Å². The Hall–Kier alpha value is -1.85. The van der Waals surface area contributed by atoms with Crippen LogP contribution in [0.25, 0.3) is 0 Å². The molecule has 3 amide bonds. The lowest BCUT2D eigenvalue weighted by atomic mass is 10.0. The molecule has 18 heavy (non-hydrogen) atoms. The van der Waals surface area contributed by atoms with Crippen molar-refractivity contribution >= 4 is 17.9 Å². The van der Waals surface area contributed by atoms with Gasteiger partial charge >= 0.3 is 12.0 Å². The number of carboxylic acid groups (broad SMARTS) is 1. The van der Waals surface area contributed by atoms with Gasteiger partial charge in [0.15, 0.2) is 0 Å². The lowest BCUT2D eigenvalue weighted by molar-refractivity contribution is -0.138. The van der Waals surface area contributed by atoms with Crippen LogP contribution in [-0.2, 0) is 9.59 Å². The normalized spacial score (nSPS) is 16.3. The molecule has 1 rings (SSSR count). The summed E-state index contributed by atoms with van der Waals surface area (Å²) in [6.07, 6.45) is 5.45. The molecule has 1 atom stereocenters. The first-order valence-electron chi connectivity index (χ1n) is 5.94. The second kappa shape index (κ2) is 6.78. The summed E-state index contributed by atoms with van der Waals surface area (Å²) in [5.74, 6) is -1.69. The number of hydrogen-bond acceptors (Lipinski definition) is 3. The molecule has 0 bridgehead atoms. The van der Waals surface area contributed by atoms with Gasteiger partial charge in [0.1, 0.15) is 0 Å². The fraction of sp³-hybridized carbons (Fsp3) is 0.583. The highest BCUT2D eigenvalue weighted by Crippen LogP contribution is 2.09. The molecular formula is C12H18N2O4. The van der Waals surface area contributed by atoms with Gasteiger partial charge in [-0.25, -0.2) is 4.79 Å². The van der Waals surface area contributed by atoms with Gasteiger partial charge < -0.3 is 10.4 Å². The van der Waals surface area contributed by atoms with Crippen LogP contribution in [-0.4, -0.2) is 29.1 Å². The van der Waals surface area contributed by atoms with Crippen molar-refractivity contribution in [2.45, 2.75) is 38.6 Å². The summed E-state index contributed by atoms with van der Waals surface area (Å²) in [6, 6.07) is -0.467. The predicted molar refractivity (Wildman–Crippen MR) is 64.9 cm³/mol. The third kappa shape index (κ3) is 5.47. The summed E-state index contributed by atoms with van der Waals surface area (Å²) in [7, 11) is 0. The molecule has 0 fully saturated rings. The highest BCUT2D eigenvalue weighted by atomic mass is 16.4. The van der Waals surface area contributed by atoms with Gasteiger partial charge in [-0.2, -0.15) is 0 Å². The van der Waals surface area contributed by atoms with Crippen molar-refractivity contribution in [1.82, 2.24) is 10.6 Å². The molecule has 1 unspecified atom stereocenters. The largest absolute Gasteiger partial charge is 0.481 e. The zero-order valence-corrected chi connectivity index (χ0v) is 10.3. The monoisotopic (exact) mass is 254 g/mol. The SMILES string of the molecule is CC(CC(=O)O)CC(=O)NC(=O)NC1CC=CC1. The van der Waals surface area contributed by atoms with Crippen LogP contribution in [0.3, 0.4) is 0 Å². The Balaban J connectivity index is 2.22. The number of hydrogen-bond donors (Lipinski definition) is 3. The van der Waals surface area contributed by atoms with Gasteiger partial charge in [0.05, 0.1) is 0 Å². The van der Waals surface area contributed by atoms with Crippen LogP contribution >= 0.6 is 0 Å².